The molecule has 0 saturated carbocycles. The number of ether oxygens (including phenoxy) is 2. The van der Waals surface area contributed by atoms with E-state index in [0.29, 0.717) is 41.1 Å². The fourth-order valence-corrected chi connectivity index (χ4v) is 3.52. The van der Waals surface area contributed by atoms with Gasteiger partial charge >= 0.3 is 0 Å². The lowest BCUT2D eigenvalue weighted by Crippen LogP contribution is -2.17. The largest absolute Gasteiger partial charge is 0.486 e. The van der Waals surface area contributed by atoms with E-state index in [9.17, 15) is 14.9 Å². The molecule has 8 nitrogen and oxygen atoms in total. The van der Waals surface area contributed by atoms with E-state index in [0.717, 1.165) is 5.56 Å². The Balaban J connectivity index is 1.43. The monoisotopic (exact) mass is 397 g/mol. The van der Waals surface area contributed by atoms with Crippen molar-refractivity contribution in [3.05, 3.63) is 63.5 Å². The molecule has 1 aliphatic rings. The van der Waals surface area contributed by atoms with E-state index in [4.69, 9.17) is 9.47 Å². The fraction of sp³-hybridized carbons (Fsp3) is 0.158. The van der Waals surface area contributed by atoms with Crippen molar-refractivity contribution >= 4 is 28.1 Å². The first-order valence-corrected chi connectivity index (χ1v) is 9.35. The summed E-state index contributed by atoms with van der Waals surface area (Å²) in [6.45, 7) is 1.01. The van der Waals surface area contributed by atoms with Crippen LogP contribution in [0.2, 0.25) is 0 Å². The normalized spacial score (nSPS) is 12.4. The van der Waals surface area contributed by atoms with Crippen molar-refractivity contribution in [1.29, 1.82) is 0 Å². The van der Waals surface area contributed by atoms with Crippen LogP contribution in [0.5, 0.6) is 11.5 Å². The van der Waals surface area contributed by atoms with E-state index in [1.165, 1.54) is 23.5 Å². The second kappa shape index (κ2) is 7.65. The molecule has 1 aliphatic heterocycles. The van der Waals surface area contributed by atoms with Crippen molar-refractivity contribution in [3.63, 3.8) is 0 Å². The van der Waals surface area contributed by atoms with Crippen LogP contribution < -0.4 is 14.8 Å². The molecular weight excluding hydrogens is 382 g/mol. The van der Waals surface area contributed by atoms with E-state index in [1.54, 1.807) is 29.6 Å². The number of nitro benzene ring substituents is 1. The van der Waals surface area contributed by atoms with Crippen LogP contribution in [-0.4, -0.2) is 29.0 Å². The number of non-ortho nitro benzene ring substituents is 1. The van der Waals surface area contributed by atoms with Crippen LogP contribution in [0.1, 0.15) is 5.56 Å². The van der Waals surface area contributed by atoms with Crippen LogP contribution in [-0.2, 0) is 11.2 Å². The summed E-state index contributed by atoms with van der Waals surface area (Å²) < 4.78 is 11.0. The Morgan fingerprint density at radius 3 is 2.82 bits per heavy atom. The maximum absolute atomic E-state index is 12.3. The number of anilines is 1. The first-order valence-electron chi connectivity index (χ1n) is 8.47. The number of carbonyl (C=O) groups is 1. The molecule has 0 unspecified atom stereocenters. The number of fused-ring (bicyclic) bond motifs is 1. The van der Waals surface area contributed by atoms with Crippen molar-refractivity contribution < 1.29 is 19.2 Å². The van der Waals surface area contributed by atoms with E-state index >= 15 is 0 Å². The summed E-state index contributed by atoms with van der Waals surface area (Å²) in [4.78, 5) is 27.1. The second-order valence-corrected chi connectivity index (χ2v) is 6.91. The molecule has 0 spiro atoms. The van der Waals surface area contributed by atoms with Gasteiger partial charge in [0.15, 0.2) is 16.6 Å². The van der Waals surface area contributed by atoms with Gasteiger partial charge in [0.2, 0.25) is 5.91 Å². The summed E-state index contributed by atoms with van der Waals surface area (Å²) >= 11 is 1.26. The number of carbonyl (C=O) groups excluding carboxylic acids is 1. The minimum absolute atomic E-state index is 0.00491. The molecule has 142 valence electrons. The van der Waals surface area contributed by atoms with Gasteiger partial charge in [-0.25, -0.2) is 4.98 Å². The third-order valence-corrected chi connectivity index (χ3v) is 4.83. The number of benzene rings is 2. The van der Waals surface area contributed by atoms with Crippen molar-refractivity contribution in [2.45, 2.75) is 6.42 Å². The van der Waals surface area contributed by atoms with Crippen molar-refractivity contribution in [2.75, 3.05) is 18.5 Å². The lowest BCUT2D eigenvalue weighted by Gasteiger charge is -2.18. The van der Waals surface area contributed by atoms with Gasteiger partial charge in [-0.1, -0.05) is 18.2 Å². The molecule has 4 rings (SSSR count). The smallest absolute Gasteiger partial charge is 0.270 e. The highest BCUT2D eigenvalue weighted by molar-refractivity contribution is 7.14. The van der Waals surface area contributed by atoms with Crippen LogP contribution >= 0.6 is 11.3 Å². The molecule has 2 aromatic carbocycles. The van der Waals surface area contributed by atoms with Gasteiger partial charge in [-0.2, -0.15) is 0 Å². The third kappa shape index (κ3) is 3.94. The van der Waals surface area contributed by atoms with Gasteiger partial charge in [-0.05, 0) is 17.7 Å². The molecule has 28 heavy (non-hydrogen) atoms. The summed E-state index contributed by atoms with van der Waals surface area (Å²) in [6.07, 6.45) is 0.169. The van der Waals surface area contributed by atoms with E-state index < -0.39 is 4.92 Å². The molecule has 1 N–H and O–H groups in total. The molecule has 0 radical (unpaired) electrons. The van der Waals surface area contributed by atoms with Crippen molar-refractivity contribution in [1.82, 2.24) is 4.98 Å². The van der Waals surface area contributed by atoms with Crippen molar-refractivity contribution in [3.8, 4) is 22.8 Å². The Hall–Kier alpha value is -3.46. The van der Waals surface area contributed by atoms with Gasteiger partial charge in [0.1, 0.15) is 13.2 Å². The van der Waals surface area contributed by atoms with Crippen LogP contribution in [0, 0.1) is 10.1 Å². The minimum Gasteiger partial charge on any atom is -0.486 e. The Bertz CT molecular complexity index is 1050. The number of thiazole rings is 1. The SMILES string of the molecule is O=C(Cc1ccc2c(c1)OCCO2)Nc1nc(-c2cccc([N+](=O)[O-])c2)cs1. The first-order chi connectivity index (χ1) is 13.6. The number of nitrogens with zero attached hydrogens (tertiary/aromatic N) is 2. The fourth-order valence-electron chi connectivity index (χ4n) is 2.79. The van der Waals surface area contributed by atoms with Crippen LogP contribution in [0.15, 0.2) is 47.8 Å². The average molecular weight is 397 g/mol. The highest BCUT2D eigenvalue weighted by Crippen LogP contribution is 2.31. The average Bonchev–Trinajstić information content (AvgIpc) is 3.16. The van der Waals surface area contributed by atoms with E-state index in [1.807, 2.05) is 6.07 Å². The zero-order valence-corrected chi connectivity index (χ0v) is 15.4. The second-order valence-electron chi connectivity index (χ2n) is 6.05. The quantitative estimate of drug-likeness (QED) is 0.520. The maximum Gasteiger partial charge on any atom is 0.270 e. The topological polar surface area (TPSA) is 104 Å². The summed E-state index contributed by atoms with van der Waals surface area (Å²) in [6, 6.07) is 11.6. The predicted molar refractivity (Wildman–Crippen MR) is 104 cm³/mol. The molecule has 0 aliphatic carbocycles. The van der Waals surface area contributed by atoms with E-state index in [2.05, 4.69) is 10.3 Å². The Morgan fingerprint density at radius 1 is 1.18 bits per heavy atom. The van der Waals surface area contributed by atoms with Crippen molar-refractivity contribution in [2.24, 2.45) is 0 Å². The Kier molecular flexibility index (Phi) is 4.90. The number of nitro groups is 1. The molecule has 2 heterocycles. The maximum atomic E-state index is 12.3. The molecular formula is C19H15N3O5S. The number of amides is 1. The third-order valence-electron chi connectivity index (χ3n) is 4.07. The van der Waals surface area contributed by atoms with E-state index in [-0.39, 0.29) is 18.0 Å². The number of rotatable bonds is 5. The number of nitrogens with one attached hydrogen (secondary N) is 1. The van der Waals surface area contributed by atoms with Gasteiger partial charge in [-0.3, -0.25) is 14.9 Å². The zero-order valence-electron chi connectivity index (χ0n) is 14.6. The molecule has 0 atom stereocenters. The molecule has 1 amide bonds. The van der Waals surface area contributed by atoms with Crippen LogP contribution in [0.3, 0.4) is 0 Å². The lowest BCUT2D eigenvalue weighted by molar-refractivity contribution is -0.384. The number of hydrogen-bond acceptors (Lipinski definition) is 7. The summed E-state index contributed by atoms with van der Waals surface area (Å²) in [5.74, 6) is 1.10. The molecule has 9 heteroatoms. The first kappa shape index (κ1) is 17.9. The summed E-state index contributed by atoms with van der Waals surface area (Å²) in [7, 11) is 0. The number of hydrogen-bond donors (Lipinski definition) is 1. The standard InChI is InChI=1S/C19H15N3O5S/c23-18(9-12-4-5-16-17(8-12)27-7-6-26-16)21-19-20-15(11-28-19)13-2-1-3-14(10-13)22(24)25/h1-5,8,10-11H,6-7,9H2,(H,20,21,23). The molecule has 1 aromatic heterocycles. The van der Waals surface area contributed by atoms with Gasteiger partial charge in [0.05, 0.1) is 17.0 Å². The summed E-state index contributed by atoms with van der Waals surface area (Å²) in [5, 5.41) is 15.9. The van der Waals surface area contributed by atoms with Gasteiger partial charge in [-0.15, -0.1) is 11.3 Å². The van der Waals surface area contributed by atoms with Gasteiger partial charge < -0.3 is 14.8 Å². The Morgan fingerprint density at radius 2 is 2.00 bits per heavy atom. The van der Waals surface area contributed by atoms with Gasteiger partial charge in [0, 0.05) is 23.1 Å². The minimum atomic E-state index is -0.452. The van der Waals surface area contributed by atoms with Gasteiger partial charge in [0.25, 0.3) is 5.69 Å². The molecule has 0 fully saturated rings. The lowest BCUT2D eigenvalue weighted by atomic mass is 10.1. The Labute approximate surface area is 163 Å². The molecule has 0 saturated heterocycles. The highest BCUT2D eigenvalue weighted by Gasteiger charge is 2.15. The molecule has 3 aromatic rings. The van der Waals surface area contributed by atoms with Crippen LogP contribution in [0.4, 0.5) is 10.8 Å². The molecule has 0 bridgehead atoms. The number of aromatic nitrogens is 1. The highest BCUT2D eigenvalue weighted by atomic mass is 32.1. The summed E-state index contributed by atoms with van der Waals surface area (Å²) in [5.41, 5.74) is 1.99. The zero-order chi connectivity index (χ0) is 19.5. The van der Waals surface area contributed by atoms with Crippen LogP contribution in [0.25, 0.3) is 11.3 Å². The predicted octanol–water partition coefficient (Wildman–Crippen LogP) is 3.67.